The Balaban J connectivity index is 2.10. The number of carbonyl (C=O) groups excluding carboxylic acids is 1. The standard InChI is InChI=1S/C13H15BrN2O4/c14-8-1-2-10(11(15)5-8)13(19)16-3-4-20-9(7-16)6-12(17)18/h1-2,5,9H,3-4,6-7,15H2,(H,17,18). The fraction of sp³-hybridized carbons (Fsp3) is 0.385. The van der Waals surface area contributed by atoms with E-state index in [-0.39, 0.29) is 18.9 Å². The van der Waals surface area contributed by atoms with Gasteiger partial charge >= 0.3 is 5.97 Å². The van der Waals surface area contributed by atoms with Crippen molar-refractivity contribution < 1.29 is 19.4 Å². The summed E-state index contributed by atoms with van der Waals surface area (Å²) in [5.41, 5.74) is 6.66. The normalized spacial score (nSPS) is 18.9. The summed E-state index contributed by atoms with van der Waals surface area (Å²) < 4.78 is 6.14. The summed E-state index contributed by atoms with van der Waals surface area (Å²) in [5, 5.41) is 8.77. The molecule has 6 nitrogen and oxygen atoms in total. The zero-order valence-electron chi connectivity index (χ0n) is 10.7. The van der Waals surface area contributed by atoms with Gasteiger partial charge in [-0.25, -0.2) is 0 Å². The van der Waals surface area contributed by atoms with Gasteiger partial charge in [-0.3, -0.25) is 9.59 Å². The number of hydrogen-bond acceptors (Lipinski definition) is 4. The number of carboxylic acids is 1. The lowest BCUT2D eigenvalue weighted by atomic mass is 10.1. The molecule has 1 aromatic carbocycles. The van der Waals surface area contributed by atoms with E-state index in [4.69, 9.17) is 15.6 Å². The average Bonchev–Trinajstić information content (AvgIpc) is 2.37. The molecule has 2 rings (SSSR count). The van der Waals surface area contributed by atoms with E-state index in [1.54, 1.807) is 23.1 Å². The molecule has 1 aliphatic heterocycles. The average molecular weight is 343 g/mol. The molecule has 0 saturated carbocycles. The van der Waals surface area contributed by atoms with E-state index in [1.807, 2.05) is 0 Å². The van der Waals surface area contributed by atoms with E-state index in [0.29, 0.717) is 24.4 Å². The third-order valence-electron chi connectivity index (χ3n) is 3.07. The third-order valence-corrected chi connectivity index (χ3v) is 3.57. The molecule has 0 aromatic heterocycles. The van der Waals surface area contributed by atoms with Crippen LogP contribution < -0.4 is 5.73 Å². The van der Waals surface area contributed by atoms with Gasteiger partial charge in [0.05, 0.1) is 24.7 Å². The van der Waals surface area contributed by atoms with E-state index < -0.39 is 12.1 Å². The van der Waals surface area contributed by atoms with Gasteiger partial charge in [-0.05, 0) is 18.2 Å². The van der Waals surface area contributed by atoms with Crippen LogP contribution in [0.5, 0.6) is 0 Å². The molecule has 0 radical (unpaired) electrons. The summed E-state index contributed by atoms with van der Waals surface area (Å²) in [7, 11) is 0. The molecule has 1 atom stereocenters. The zero-order valence-corrected chi connectivity index (χ0v) is 12.3. The lowest BCUT2D eigenvalue weighted by molar-refractivity contribution is -0.141. The van der Waals surface area contributed by atoms with E-state index in [2.05, 4.69) is 15.9 Å². The second kappa shape index (κ2) is 6.23. The van der Waals surface area contributed by atoms with E-state index in [9.17, 15) is 9.59 Å². The highest BCUT2D eigenvalue weighted by molar-refractivity contribution is 9.10. The smallest absolute Gasteiger partial charge is 0.306 e. The number of aliphatic carboxylic acids is 1. The van der Waals surface area contributed by atoms with E-state index in [1.165, 1.54) is 0 Å². The van der Waals surface area contributed by atoms with Crippen molar-refractivity contribution in [3.63, 3.8) is 0 Å². The fourth-order valence-corrected chi connectivity index (χ4v) is 2.50. The van der Waals surface area contributed by atoms with Crippen LogP contribution in [-0.4, -0.2) is 47.7 Å². The molecule has 108 valence electrons. The van der Waals surface area contributed by atoms with Gasteiger partial charge in [0.15, 0.2) is 0 Å². The van der Waals surface area contributed by atoms with Crippen LogP contribution in [0.25, 0.3) is 0 Å². The number of halogens is 1. The molecule has 0 bridgehead atoms. The highest BCUT2D eigenvalue weighted by atomic mass is 79.9. The van der Waals surface area contributed by atoms with Gasteiger partial charge in [0, 0.05) is 23.2 Å². The van der Waals surface area contributed by atoms with Crippen molar-refractivity contribution in [1.82, 2.24) is 4.90 Å². The number of carbonyl (C=O) groups is 2. The number of carboxylic acid groups (broad SMARTS) is 1. The Morgan fingerprint density at radius 1 is 1.50 bits per heavy atom. The maximum absolute atomic E-state index is 12.4. The number of nitrogens with two attached hydrogens (primary N) is 1. The first-order chi connectivity index (χ1) is 9.47. The molecule has 0 aliphatic carbocycles. The number of amides is 1. The van der Waals surface area contributed by atoms with Crippen LogP contribution in [0.3, 0.4) is 0 Å². The van der Waals surface area contributed by atoms with Crippen molar-refractivity contribution in [3.8, 4) is 0 Å². The zero-order chi connectivity index (χ0) is 14.7. The van der Waals surface area contributed by atoms with Gasteiger partial charge in [0.2, 0.25) is 0 Å². The minimum absolute atomic E-state index is 0.112. The van der Waals surface area contributed by atoms with Crippen molar-refractivity contribution in [3.05, 3.63) is 28.2 Å². The van der Waals surface area contributed by atoms with Crippen LogP contribution in [0.2, 0.25) is 0 Å². The first-order valence-electron chi connectivity index (χ1n) is 6.15. The van der Waals surface area contributed by atoms with Crippen LogP contribution >= 0.6 is 15.9 Å². The molecule has 7 heteroatoms. The van der Waals surface area contributed by atoms with Gasteiger partial charge in [0.25, 0.3) is 5.91 Å². The Hall–Kier alpha value is -1.60. The molecule has 20 heavy (non-hydrogen) atoms. The molecule has 1 aliphatic rings. The topological polar surface area (TPSA) is 92.9 Å². The number of rotatable bonds is 3. The summed E-state index contributed by atoms with van der Waals surface area (Å²) in [6, 6.07) is 5.07. The maximum Gasteiger partial charge on any atom is 0.306 e. The summed E-state index contributed by atoms with van der Waals surface area (Å²) in [5.74, 6) is -1.14. The lowest BCUT2D eigenvalue weighted by Gasteiger charge is -2.32. The lowest BCUT2D eigenvalue weighted by Crippen LogP contribution is -2.46. The Morgan fingerprint density at radius 2 is 2.25 bits per heavy atom. The van der Waals surface area contributed by atoms with Crippen molar-refractivity contribution >= 4 is 33.5 Å². The number of nitrogen functional groups attached to an aromatic ring is 1. The maximum atomic E-state index is 12.4. The van der Waals surface area contributed by atoms with Crippen LogP contribution in [-0.2, 0) is 9.53 Å². The van der Waals surface area contributed by atoms with Gasteiger partial charge in [-0.15, -0.1) is 0 Å². The molecule has 1 unspecified atom stereocenters. The molecular weight excluding hydrogens is 328 g/mol. The Bertz CT molecular complexity index is 535. The second-order valence-electron chi connectivity index (χ2n) is 4.57. The monoisotopic (exact) mass is 342 g/mol. The van der Waals surface area contributed by atoms with Gasteiger partial charge in [-0.1, -0.05) is 15.9 Å². The minimum Gasteiger partial charge on any atom is -0.481 e. The summed E-state index contributed by atoms with van der Waals surface area (Å²) in [6.07, 6.45) is -0.582. The number of nitrogens with zero attached hydrogens (tertiary/aromatic N) is 1. The van der Waals surface area contributed by atoms with Gasteiger partial charge < -0.3 is 20.5 Å². The first kappa shape index (κ1) is 14.8. The highest BCUT2D eigenvalue weighted by Crippen LogP contribution is 2.21. The van der Waals surface area contributed by atoms with Crippen molar-refractivity contribution in [2.75, 3.05) is 25.4 Å². The molecule has 1 saturated heterocycles. The van der Waals surface area contributed by atoms with Crippen molar-refractivity contribution in [1.29, 1.82) is 0 Å². The molecule has 0 spiro atoms. The Kier molecular flexibility index (Phi) is 4.61. The first-order valence-corrected chi connectivity index (χ1v) is 6.94. The predicted molar refractivity (Wildman–Crippen MR) is 76.5 cm³/mol. The van der Waals surface area contributed by atoms with Gasteiger partial charge in [-0.2, -0.15) is 0 Å². The number of hydrogen-bond donors (Lipinski definition) is 2. The SMILES string of the molecule is Nc1cc(Br)ccc1C(=O)N1CCOC(CC(=O)O)C1. The Labute approximate surface area is 124 Å². The second-order valence-corrected chi connectivity index (χ2v) is 5.49. The van der Waals surface area contributed by atoms with Crippen LogP contribution in [0, 0.1) is 0 Å². The number of anilines is 1. The summed E-state index contributed by atoms with van der Waals surface area (Å²) in [4.78, 5) is 24.7. The highest BCUT2D eigenvalue weighted by Gasteiger charge is 2.27. The summed E-state index contributed by atoms with van der Waals surface area (Å²) >= 11 is 3.29. The Morgan fingerprint density at radius 3 is 2.90 bits per heavy atom. The number of morpholine rings is 1. The number of benzene rings is 1. The number of ether oxygens (including phenoxy) is 1. The quantitative estimate of drug-likeness (QED) is 0.808. The third kappa shape index (κ3) is 3.49. The van der Waals surface area contributed by atoms with E-state index >= 15 is 0 Å². The van der Waals surface area contributed by atoms with E-state index in [0.717, 1.165) is 4.47 Å². The molecule has 1 amide bonds. The molecular formula is C13H15BrN2O4. The summed E-state index contributed by atoms with van der Waals surface area (Å²) in [6.45, 7) is 1.03. The molecule has 1 aromatic rings. The largest absolute Gasteiger partial charge is 0.481 e. The predicted octanol–water partition coefficient (Wildman–Crippen LogP) is 1.35. The fourth-order valence-electron chi connectivity index (χ4n) is 2.12. The van der Waals surface area contributed by atoms with Crippen LogP contribution in [0.15, 0.2) is 22.7 Å². The van der Waals surface area contributed by atoms with Crippen LogP contribution in [0.4, 0.5) is 5.69 Å². The van der Waals surface area contributed by atoms with Crippen molar-refractivity contribution in [2.45, 2.75) is 12.5 Å². The van der Waals surface area contributed by atoms with Crippen molar-refractivity contribution in [2.24, 2.45) is 0 Å². The minimum atomic E-state index is -0.938. The van der Waals surface area contributed by atoms with Gasteiger partial charge in [0.1, 0.15) is 0 Å². The van der Waals surface area contributed by atoms with Crippen LogP contribution in [0.1, 0.15) is 16.8 Å². The molecule has 3 N–H and O–H groups in total. The molecule has 1 fully saturated rings. The molecule has 1 heterocycles.